The lowest BCUT2D eigenvalue weighted by atomic mass is 10.3. The van der Waals surface area contributed by atoms with Gasteiger partial charge in [0.15, 0.2) is 11.3 Å². The lowest BCUT2D eigenvalue weighted by Crippen LogP contribution is -2.18. The lowest BCUT2D eigenvalue weighted by Gasteiger charge is -2.00. The van der Waals surface area contributed by atoms with Gasteiger partial charge in [-0.25, -0.2) is 4.52 Å². The molecule has 6 nitrogen and oxygen atoms in total. The Hall–Kier alpha value is -1.98. The van der Waals surface area contributed by atoms with Crippen LogP contribution in [0.2, 0.25) is 0 Å². The molecule has 2 N–H and O–H groups in total. The second-order valence-corrected chi connectivity index (χ2v) is 2.60. The lowest BCUT2D eigenvalue weighted by molar-refractivity contribution is 0.0993. The summed E-state index contributed by atoms with van der Waals surface area (Å²) in [6.07, 6.45) is 1.59. The number of carbonyl (C=O) groups is 1. The summed E-state index contributed by atoms with van der Waals surface area (Å²) in [4.78, 5) is 10.9. The van der Waals surface area contributed by atoms with Gasteiger partial charge >= 0.3 is 0 Å². The predicted molar refractivity (Wildman–Crippen MR) is 44.0 cm³/mol. The van der Waals surface area contributed by atoms with Gasteiger partial charge in [-0.05, 0) is 6.92 Å². The van der Waals surface area contributed by atoms with Crippen LogP contribution in [0.15, 0.2) is 12.3 Å². The van der Waals surface area contributed by atoms with Crippen LogP contribution in [0.25, 0.3) is 5.65 Å². The number of amides is 1. The van der Waals surface area contributed by atoms with E-state index in [1.165, 1.54) is 4.52 Å². The number of nitrogens with two attached hydrogens (primary N) is 1. The Kier molecular flexibility index (Phi) is 1.48. The predicted octanol–water partition coefficient (Wildman–Crippen LogP) is -0.468. The van der Waals surface area contributed by atoms with E-state index in [-0.39, 0.29) is 5.69 Å². The minimum atomic E-state index is -0.595. The zero-order chi connectivity index (χ0) is 9.42. The molecule has 2 heterocycles. The smallest absolute Gasteiger partial charge is 0.271 e. The number of aryl methyl sites for hydroxylation is 1. The van der Waals surface area contributed by atoms with E-state index in [0.717, 1.165) is 0 Å². The fraction of sp³-hybridized carbons (Fsp3) is 0.143. The van der Waals surface area contributed by atoms with Crippen molar-refractivity contribution in [2.24, 2.45) is 5.73 Å². The van der Waals surface area contributed by atoms with E-state index in [1.54, 1.807) is 19.2 Å². The van der Waals surface area contributed by atoms with Gasteiger partial charge in [0.1, 0.15) is 0 Å². The molecule has 0 saturated carbocycles. The van der Waals surface area contributed by atoms with Crippen molar-refractivity contribution < 1.29 is 4.79 Å². The van der Waals surface area contributed by atoms with Crippen LogP contribution >= 0.6 is 0 Å². The molecular formula is C7H7N5O. The number of fused-ring (bicyclic) bond motifs is 1. The molecule has 1 amide bonds. The van der Waals surface area contributed by atoms with Gasteiger partial charge in [0, 0.05) is 6.07 Å². The Bertz CT molecular complexity index is 475. The molecule has 0 fully saturated rings. The number of primary amides is 1. The van der Waals surface area contributed by atoms with Crippen LogP contribution < -0.4 is 5.73 Å². The zero-order valence-electron chi connectivity index (χ0n) is 6.93. The summed E-state index contributed by atoms with van der Waals surface area (Å²) in [5, 5.41) is 11.4. The molecule has 2 aromatic rings. The normalized spacial score (nSPS) is 10.5. The summed E-state index contributed by atoms with van der Waals surface area (Å²) >= 11 is 0. The van der Waals surface area contributed by atoms with Gasteiger partial charge in [-0.3, -0.25) is 4.79 Å². The molecule has 0 spiro atoms. The van der Waals surface area contributed by atoms with Crippen molar-refractivity contribution in [2.45, 2.75) is 6.92 Å². The SMILES string of the molecule is Cc1c(C(N)=O)nnc2ccnn12. The maximum absolute atomic E-state index is 10.9. The van der Waals surface area contributed by atoms with Gasteiger partial charge in [0.05, 0.1) is 11.9 Å². The van der Waals surface area contributed by atoms with E-state index in [1.807, 2.05) is 0 Å². The highest BCUT2D eigenvalue weighted by atomic mass is 16.1. The summed E-state index contributed by atoms with van der Waals surface area (Å²) in [6, 6.07) is 1.70. The molecule has 66 valence electrons. The summed E-state index contributed by atoms with van der Waals surface area (Å²) in [5.74, 6) is -0.595. The van der Waals surface area contributed by atoms with Crippen LogP contribution in [0, 0.1) is 6.92 Å². The van der Waals surface area contributed by atoms with Crippen LogP contribution in [-0.2, 0) is 0 Å². The molecule has 6 heteroatoms. The number of aromatic nitrogens is 4. The van der Waals surface area contributed by atoms with E-state index in [0.29, 0.717) is 11.3 Å². The van der Waals surface area contributed by atoms with E-state index >= 15 is 0 Å². The standard InChI is InChI=1S/C7H7N5O/c1-4-6(7(8)13)11-10-5-2-3-9-12(4)5/h2-3H,1H3,(H2,8,13). The minimum Gasteiger partial charge on any atom is -0.364 e. The third-order valence-electron chi connectivity index (χ3n) is 1.77. The van der Waals surface area contributed by atoms with E-state index in [4.69, 9.17) is 5.73 Å². The molecule has 2 rings (SSSR count). The summed E-state index contributed by atoms with van der Waals surface area (Å²) in [7, 11) is 0. The topological polar surface area (TPSA) is 86.2 Å². The summed E-state index contributed by atoms with van der Waals surface area (Å²) < 4.78 is 1.52. The van der Waals surface area contributed by atoms with Gasteiger partial charge in [-0.2, -0.15) is 5.10 Å². The number of hydrogen-bond donors (Lipinski definition) is 1. The second-order valence-electron chi connectivity index (χ2n) is 2.60. The highest BCUT2D eigenvalue weighted by Crippen LogP contribution is 2.04. The molecule has 0 saturated heterocycles. The Balaban J connectivity index is 2.80. The first-order valence-electron chi connectivity index (χ1n) is 3.67. The summed E-state index contributed by atoms with van der Waals surface area (Å²) in [6.45, 7) is 1.72. The van der Waals surface area contributed by atoms with Crippen LogP contribution in [0.3, 0.4) is 0 Å². The number of nitrogens with zero attached hydrogens (tertiary/aromatic N) is 4. The van der Waals surface area contributed by atoms with Crippen molar-refractivity contribution in [1.29, 1.82) is 0 Å². The first-order chi connectivity index (χ1) is 6.20. The molecule has 2 aromatic heterocycles. The van der Waals surface area contributed by atoms with Crippen molar-refractivity contribution in [3.8, 4) is 0 Å². The molecule has 0 aliphatic rings. The molecule has 0 radical (unpaired) electrons. The molecular weight excluding hydrogens is 170 g/mol. The highest BCUT2D eigenvalue weighted by Gasteiger charge is 2.11. The molecule has 0 aromatic carbocycles. The van der Waals surface area contributed by atoms with Gasteiger partial charge < -0.3 is 5.73 Å². The third kappa shape index (κ3) is 1.03. The van der Waals surface area contributed by atoms with Crippen molar-refractivity contribution in [2.75, 3.05) is 0 Å². The zero-order valence-corrected chi connectivity index (χ0v) is 6.93. The van der Waals surface area contributed by atoms with Crippen LogP contribution in [-0.4, -0.2) is 25.7 Å². The summed E-state index contributed by atoms with van der Waals surface area (Å²) in [5.41, 5.74) is 6.44. The largest absolute Gasteiger partial charge is 0.364 e. The number of carbonyl (C=O) groups excluding carboxylic acids is 1. The molecule has 13 heavy (non-hydrogen) atoms. The maximum atomic E-state index is 10.9. The van der Waals surface area contributed by atoms with Crippen LogP contribution in [0.5, 0.6) is 0 Å². The Morgan fingerprint density at radius 2 is 2.31 bits per heavy atom. The van der Waals surface area contributed by atoms with Gasteiger partial charge in [0.25, 0.3) is 5.91 Å². The minimum absolute atomic E-state index is 0.149. The van der Waals surface area contributed by atoms with Crippen molar-refractivity contribution in [1.82, 2.24) is 19.8 Å². The fourth-order valence-corrected chi connectivity index (χ4v) is 1.13. The molecule has 0 atom stereocenters. The first-order valence-corrected chi connectivity index (χ1v) is 3.67. The Morgan fingerprint density at radius 1 is 1.54 bits per heavy atom. The third-order valence-corrected chi connectivity index (χ3v) is 1.77. The van der Waals surface area contributed by atoms with Crippen molar-refractivity contribution in [3.63, 3.8) is 0 Å². The Morgan fingerprint density at radius 3 is 3.00 bits per heavy atom. The molecule has 0 aliphatic carbocycles. The molecule has 0 bridgehead atoms. The van der Waals surface area contributed by atoms with E-state index < -0.39 is 5.91 Å². The van der Waals surface area contributed by atoms with Crippen LogP contribution in [0.4, 0.5) is 0 Å². The van der Waals surface area contributed by atoms with Crippen LogP contribution in [0.1, 0.15) is 16.2 Å². The quantitative estimate of drug-likeness (QED) is 0.638. The van der Waals surface area contributed by atoms with E-state index in [2.05, 4.69) is 15.3 Å². The number of rotatable bonds is 1. The molecule has 0 unspecified atom stereocenters. The average molecular weight is 177 g/mol. The molecule has 0 aliphatic heterocycles. The van der Waals surface area contributed by atoms with Crippen molar-refractivity contribution in [3.05, 3.63) is 23.7 Å². The average Bonchev–Trinajstić information content (AvgIpc) is 2.52. The van der Waals surface area contributed by atoms with Gasteiger partial charge in [-0.15, -0.1) is 10.2 Å². The monoisotopic (exact) mass is 177 g/mol. The van der Waals surface area contributed by atoms with Gasteiger partial charge in [0.2, 0.25) is 0 Å². The Labute approximate surface area is 73.4 Å². The number of hydrogen-bond acceptors (Lipinski definition) is 4. The second kappa shape index (κ2) is 2.51. The first kappa shape index (κ1) is 7.66. The van der Waals surface area contributed by atoms with E-state index in [9.17, 15) is 4.79 Å². The highest BCUT2D eigenvalue weighted by molar-refractivity contribution is 5.91. The van der Waals surface area contributed by atoms with Gasteiger partial charge in [-0.1, -0.05) is 0 Å². The van der Waals surface area contributed by atoms with Crippen molar-refractivity contribution >= 4 is 11.6 Å². The maximum Gasteiger partial charge on any atom is 0.271 e. The fourth-order valence-electron chi connectivity index (χ4n) is 1.13.